The van der Waals surface area contributed by atoms with Gasteiger partial charge in [-0.05, 0) is 23.3 Å². The predicted molar refractivity (Wildman–Crippen MR) is 77.8 cm³/mol. The molecule has 18 heavy (non-hydrogen) atoms. The number of hydrogen-bond acceptors (Lipinski definition) is 2. The van der Waals surface area contributed by atoms with Crippen molar-refractivity contribution in [2.45, 2.75) is 6.04 Å². The van der Waals surface area contributed by atoms with Crippen LogP contribution in [0.5, 0.6) is 0 Å². The van der Waals surface area contributed by atoms with Crippen LogP contribution in [0.15, 0.2) is 60.7 Å². The maximum Gasteiger partial charge on any atom is 0.181 e. The summed E-state index contributed by atoms with van der Waals surface area (Å²) >= 11 is 5.08. The Morgan fingerprint density at radius 2 is 1.33 bits per heavy atom. The molecule has 0 radical (unpaired) electrons. The second kappa shape index (κ2) is 6.14. The molecule has 0 unspecified atom stereocenters. The Bertz CT molecular complexity index is 459. The highest BCUT2D eigenvalue weighted by molar-refractivity contribution is 7.80. The van der Waals surface area contributed by atoms with Crippen molar-refractivity contribution >= 4 is 17.3 Å². The van der Waals surface area contributed by atoms with E-state index in [1.807, 2.05) is 36.4 Å². The predicted octanol–water partition coefficient (Wildman–Crippen LogP) is 2.11. The van der Waals surface area contributed by atoms with Gasteiger partial charge in [0, 0.05) is 0 Å². The van der Waals surface area contributed by atoms with Crippen LogP contribution in [-0.2, 0) is 0 Å². The van der Waals surface area contributed by atoms with Gasteiger partial charge >= 0.3 is 0 Å². The van der Waals surface area contributed by atoms with E-state index in [4.69, 9.17) is 18.1 Å². The zero-order chi connectivity index (χ0) is 12.8. The molecular formula is C14H15N3S. The average molecular weight is 257 g/mol. The highest BCUT2D eigenvalue weighted by Crippen LogP contribution is 2.21. The zero-order valence-corrected chi connectivity index (χ0v) is 10.7. The van der Waals surface area contributed by atoms with Crippen molar-refractivity contribution in [3.8, 4) is 0 Å². The lowest BCUT2D eigenvalue weighted by Gasteiger charge is -2.20. The maximum absolute atomic E-state index is 5.32. The Morgan fingerprint density at radius 1 is 0.889 bits per heavy atom. The lowest BCUT2D eigenvalue weighted by atomic mass is 9.99. The van der Waals surface area contributed by atoms with Gasteiger partial charge in [-0.25, -0.2) is 5.84 Å². The molecule has 2 aromatic carbocycles. The minimum atomic E-state index is -0.00375. The van der Waals surface area contributed by atoms with Crippen LogP contribution in [0.3, 0.4) is 0 Å². The first-order chi connectivity index (χ1) is 8.81. The number of nitrogens with one attached hydrogen (secondary N) is 2. The van der Waals surface area contributed by atoms with Gasteiger partial charge in [0.05, 0.1) is 6.04 Å². The zero-order valence-electron chi connectivity index (χ0n) is 9.84. The van der Waals surface area contributed by atoms with Crippen molar-refractivity contribution in [2.24, 2.45) is 5.84 Å². The SMILES string of the molecule is NNC(=S)NC(c1ccccc1)c1ccccc1. The normalized spacial score (nSPS) is 10.1. The molecular weight excluding hydrogens is 242 g/mol. The van der Waals surface area contributed by atoms with Crippen LogP contribution in [0.25, 0.3) is 0 Å². The molecule has 0 atom stereocenters. The molecule has 92 valence electrons. The first kappa shape index (κ1) is 12.5. The smallest absolute Gasteiger partial charge is 0.181 e. The van der Waals surface area contributed by atoms with E-state index in [9.17, 15) is 0 Å². The molecule has 0 amide bonds. The van der Waals surface area contributed by atoms with Gasteiger partial charge in [0.1, 0.15) is 0 Å². The lowest BCUT2D eigenvalue weighted by Crippen LogP contribution is -2.41. The van der Waals surface area contributed by atoms with Crippen molar-refractivity contribution in [3.05, 3.63) is 71.8 Å². The molecule has 0 aliphatic rings. The first-order valence-electron chi connectivity index (χ1n) is 5.68. The van der Waals surface area contributed by atoms with Gasteiger partial charge < -0.3 is 10.7 Å². The molecule has 0 saturated heterocycles. The van der Waals surface area contributed by atoms with Crippen LogP contribution in [0.2, 0.25) is 0 Å². The summed E-state index contributed by atoms with van der Waals surface area (Å²) in [5, 5.41) is 3.62. The standard InChI is InChI=1S/C14H15N3S/c15-17-14(18)16-13(11-7-3-1-4-8-11)12-9-5-2-6-10-12/h1-10,13H,15H2,(H2,16,17,18). The van der Waals surface area contributed by atoms with E-state index in [-0.39, 0.29) is 6.04 Å². The molecule has 3 nitrogen and oxygen atoms in total. The third-order valence-electron chi connectivity index (χ3n) is 2.67. The van der Waals surface area contributed by atoms with Gasteiger partial charge in [0.2, 0.25) is 0 Å². The van der Waals surface area contributed by atoms with Crippen LogP contribution < -0.4 is 16.6 Å². The van der Waals surface area contributed by atoms with Crippen LogP contribution >= 0.6 is 12.2 Å². The van der Waals surface area contributed by atoms with Gasteiger partial charge in [0.15, 0.2) is 5.11 Å². The fraction of sp³-hybridized carbons (Fsp3) is 0.0714. The van der Waals surface area contributed by atoms with Gasteiger partial charge in [-0.1, -0.05) is 60.7 Å². The van der Waals surface area contributed by atoms with Gasteiger partial charge in [-0.15, -0.1) is 0 Å². The minimum Gasteiger partial charge on any atom is -0.351 e. The summed E-state index contributed by atoms with van der Waals surface area (Å²) in [4.78, 5) is 0. The molecule has 0 aromatic heterocycles. The third-order valence-corrected chi connectivity index (χ3v) is 2.91. The number of thiocarbonyl (C=S) groups is 1. The van der Waals surface area contributed by atoms with Crippen molar-refractivity contribution in [1.29, 1.82) is 0 Å². The quantitative estimate of drug-likeness (QED) is 0.448. The Kier molecular flexibility index (Phi) is 4.28. The van der Waals surface area contributed by atoms with Crippen LogP contribution in [-0.4, -0.2) is 5.11 Å². The summed E-state index contributed by atoms with van der Waals surface area (Å²) in [6.45, 7) is 0. The summed E-state index contributed by atoms with van der Waals surface area (Å²) in [6.07, 6.45) is 0. The minimum absolute atomic E-state index is 0.00375. The molecule has 0 fully saturated rings. The number of benzene rings is 2. The second-order valence-electron chi connectivity index (χ2n) is 3.87. The molecule has 4 heteroatoms. The number of hydrogen-bond donors (Lipinski definition) is 3. The van der Waals surface area contributed by atoms with E-state index in [0.29, 0.717) is 5.11 Å². The van der Waals surface area contributed by atoms with Crippen molar-refractivity contribution in [3.63, 3.8) is 0 Å². The van der Waals surface area contributed by atoms with E-state index in [0.717, 1.165) is 11.1 Å². The van der Waals surface area contributed by atoms with E-state index in [2.05, 4.69) is 35.0 Å². The number of hydrazine groups is 1. The molecule has 4 N–H and O–H groups in total. The highest BCUT2D eigenvalue weighted by atomic mass is 32.1. The maximum atomic E-state index is 5.32. The van der Waals surface area contributed by atoms with Crippen LogP contribution in [0.1, 0.15) is 17.2 Å². The van der Waals surface area contributed by atoms with E-state index < -0.39 is 0 Å². The fourth-order valence-electron chi connectivity index (χ4n) is 1.82. The molecule has 0 aliphatic heterocycles. The molecule has 0 spiro atoms. The lowest BCUT2D eigenvalue weighted by molar-refractivity contribution is 0.744. The van der Waals surface area contributed by atoms with Gasteiger partial charge in [0.25, 0.3) is 0 Å². The van der Waals surface area contributed by atoms with E-state index in [1.54, 1.807) is 0 Å². The Labute approximate surface area is 112 Å². The van der Waals surface area contributed by atoms with Gasteiger partial charge in [-0.3, -0.25) is 0 Å². The Balaban J connectivity index is 2.32. The number of rotatable bonds is 3. The van der Waals surface area contributed by atoms with Crippen LogP contribution in [0.4, 0.5) is 0 Å². The molecule has 0 bridgehead atoms. The van der Waals surface area contributed by atoms with E-state index in [1.165, 1.54) is 0 Å². The second-order valence-corrected chi connectivity index (χ2v) is 4.28. The Hall–Kier alpha value is -1.91. The summed E-state index contributed by atoms with van der Waals surface area (Å²) in [7, 11) is 0. The first-order valence-corrected chi connectivity index (χ1v) is 6.09. The Morgan fingerprint density at radius 3 is 1.72 bits per heavy atom. The molecule has 0 saturated carbocycles. The third kappa shape index (κ3) is 3.06. The topological polar surface area (TPSA) is 50.1 Å². The monoisotopic (exact) mass is 257 g/mol. The van der Waals surface area contributed by atoms with Crippen molar-refractivity contribution in [2.75, 3.05) is 0 Å². The number of nitrogens with two attached hydrogens (primary N) is 1. The summed E-state index contributed by atoms with van der Waals surface area (Å²) in [5.74, 6) is 5.32. The molecule has 2 rings (SSSR count). The molecule has 2 aromatic rings. The fourth-order valence-corrected chi connectivity index (χ4v) is 1.94. The largest absolute Gasteiger partial charge is 0.351 e. The van der Waals surface area contributed by atoms with Gasteiger partial charge in [-0.2, -0.15) is 0 Å². The van der Waals surface area contributed by atoms with Crippen molar-refractivity contribution < 1.29 is 0 Å². The summed E-state index contributed by atoms with van der Waals surface area (Å²) in [5.41, 5.74) is 4.74. The van der Waals surface area contributed by atoms with Crippen LogP contribution in [0, 0.1) is 0 Å². The van der Waals surface area contributed by atoms with E-state index >= 15 is 0 Å². The summed E-state index contributed by atoms with van der Waals surface area (Å²) < 4.78 is 0. The summed E-state index contributed by atoms with van der Waals surface area (Å²) in [6, 6.07) is 20.2. The molecule has 0 aliphatic carbocycles. The highest BCUT2D eigenvalue weighted by Gasteiger charge is 2.13. The average Bonchev–Trinajstić information content (AvgIpc) is 2.46. The molecule has 0 heterocycles. The van der Waals surface area contributed by atoms with Crippen molar-refractivity contribution in [1.82, 2.24) is 10.7 Å².